The quantitative estimate of drug-likeness (QED) is 0.518. The maximum atomic E-state index is 5.65. The summed E-state index contributed by atoms with van der Waals surface area (Å²) in [5.41, 5.74) is 7.32. The van der Waals surface area contributed by atoms with Crippen molar-refractivity contribution in [2.75, 3.05) is 5.88 Å². The molecule has 0 unspecified atom stereocenters. The van der Waals surface area contributed by atoms with E-state index in [0.717, 1.165) is 17.1 Å². The Hall–Kier alpha value is -2.01. The minimum atomic E-state index is 0.221. The molecule has 2 rings (SSSR count). The molecule has 0 aliphatic carbocycles. The van der Waals surface area contributed by atoms with E-state index < -0.39 is 0 Å². The Morgan fingerprint density at radius 2 is 2.11 bits per heavy atom. The zero-order valence-electron chi connectivity index (χ0n) is 10.6. The zero-order chi connectivity index (χ0) is 13.7. The van der Waals surface area contributed by atoms with E-state index in [9.17, 15) is 0 Å². The largest absolute Gasteiger partial charge is 0.487 e. The van der Waals surface area contributed by atoms with E-state index in [0.29, 0.717) is 12.4 Å². The van der Waals surface area contributed by atoms with Crippen molar-refractivity contribution in [1.29, 1.82) is 0 Å². The molecule has 0 saturated heterocycles. The molecule has 2 N–H and O–H groups in total. The van der Waals surface area contributed by atoms with Crippen LogP contribution in [0.3, 0.4) is 0 Å². The van der Waals surface area contributed by atoms with Crippen LogP contribution in [-0.2, 0) is 13.7 Å². The Balaban J connectivity index is 1.97. The third-order valence-electron chi connectivity index (χ3n) is 2.56. The average molecular weight is 279 g/mol. The number of amidine groups is 1. The molecule has 0 fully saturated rings. The lowest BCUT2D eigenvalue weighted by Crippen LogP contribution is -2.12. The molecule has 0 radical (unpaired) electrons. The Morgan fingerprint density at radius 3 is 2.68 bits per heavy atom. The summed E-state index contributed by atoms with van der Waals surface area (Å²) in [5, 5.41) is 4.08. The van der Waals surface area contributed by atoms with Crippen molar-refractivity contribution in [2.24, 2.45) is 17.8 Å². The Bertz CT molecular complexity index is 562. The summed E-state index contributed by atoms with van der Waals surface area (Å²) in [5.74, 6) is 1.38. The van der Waals surface area contributed by atoms with E-state index in [1.807, 2.05) is 37.4 Å². The molecular formula is C13H15ClN4O. The summed E-state index contributed by atoms with van der Waals surface area (Å²) < 4.78 is 7.43. The predicted octanol–water partition coefficient (Wildman–Crippen LogP) is 2.23. The average Bonchev–Trinajstić information content (AvgIpc) is 2.83. The van der Waals surface area contributed by atoms with Gasteiger partial charge in [-0.2, -0.15) is 5.10 Å². The van der Waals surface area contributed by atoms with Crippen LogP contribution in [0.2, 0.25) is 0 Å². The number of aromatic nitrogens is 2. The summed E-state index contributed by atoms with van der Waals surface area (Å²) >= 11 is 5.57. The molecule has 1 aromatic carbocycles. The van der Waals surface area contributed by atoms with Gasteiger partial charge in [0.05, 0.1) is 17.3 Å². The SMILES string of the molecule is Cn1nccc1COc1ccc(N=C(N)CCl)cc1. The summed E-state index contributed by atoms with van der Waals surface area (Å²) in [7, 11) is 1.88. The monoisotopic (exact) mass is 278 g/mol. The highest BCUT2D eigenvalue weighted by Crippen LogP contribution is 2.19. The van der Waals surface area contributed by atoms with Crippen molar-refractivity contribution < 1.29 is 4.74 Å². The molecular weight excluding hydrogens is 264 g/mol. The van der Waals surface area contributed by atoms with Crippen molar-refractivity contribution >= 4 is 23.1 Å². The Morgan fingerprint density at radius 1 is 1.37 bits per heavy atom. The number of nitrogens with zero attached hydrogens (tertiary/aromatic N) is 3. The van der Waals surface area contributed by atoms with Gasteiger partial charge in [0, 0.05) is 13.2 Å². The van der Waals surface area contributed by atoms with Gasteiger partial charge >= 0.3 is 0 Å². The van der Waals surface area contributed by atoms with Crippen molar-refractivity contribution in [1.82, 2.24) is 9.78 Å². The minimum absolute atomic E-state index is 0.221. The molecule has 1 aromatic heterocycles. The smallest absolute Gasteiger partial charge is 0.130 e. The van der Waals surface area contributed by atoms with Crippen molar-refractivity contribution in [2.45, 2.75) is 6.61 Å². The summed E-state index contributed by atoms with van der Waals surface area (Å²) in [6.45, 7) is 0.475. The summed E-state index contributed by atoms with van der Waals surface area (Å²) in [6.07, 6.45) is 1.74. The van der Waals surface area contributed by atoms with Gasteiger partial charge in [0.2, 0.25) is 0 Å². The first-order chi connectivity index (χ1) is 9.19. The topological polar surface area (TPSA) is 65.4 Å². The molecule has 0 atom stereocenters. The fourth-order valence-electron chi connectivity index (χ4n) is 1.51. The second-order valence-electron chi connectivity index (χ2n) is 3.97. The normalized spacial score (nSPS) is 11.6. The highest BCUT2D eigenvalue weighted by Gasteiger charge is 2.00. The van der Waals surface area contributed by atoms with Crippen LogP contribution in [0.5, 0.6) is 5.75 Å². The molecule has 6 heteroatoms. The molecule has 0 bridgehead atoms. The fraction of sp³-hybridized carbons (Fsp3) is 0.231. The van der Waals surface area contributed by atoms with Crippen LogP contribution in [0.15, 0.2) is 41.5 Å². The number of rotatable bonds is 5. The van der Waals surface area contributed by atoms with Crippen LogP contribution in [0.25, 0.3) is 0 Å². The number of hydrogen-bond acceptors (Lipinski definition) is 3. The van der Waals surface area contributed by atoms with Gasteiger partial charge in [-0.3, -0.25) is 4.68 Å². The second kappa shape index (κ2) is 6.24. The molecule has 0 aliphatic rings. The standard InChI is InChI=1S/C13H15ClN4O/c1-18-11(6-7-16-18)9-19-12-4-2-10(3-5-12)17-13(15)8-14/h2-7H,8-9H2,1H3,(H2,15,17). The van der Waals surface area contributed by atoms with Crippen LogP contribution in [0, 0.1) is 0 Å². The maximum Gasteiger partial charge on any atom is 0.130 e. The van der Waals surface area contributed by atoms with E-state index >= 15 is 0 Å². The predicted molar refractivity (Wildman–Crippen MR) is 76.0 cm³/mol. The van der Waals surface area contributed by atoms with Gasteiger partial charge in [-0.1, -0.05) is 0 Å². The molecule has 0 spiro atoms. The van der Waals surface area contributed by atoms with E-state index in [2.05, 4.69) is 10.1 Å². The van der Waals surface area contributed by atoms with Crippen molar-refractivity contribution in [3.8, 4) is 5.75 Å². The molecule has 2 aromatic rings. The third kappa shape index (κ3) is 3.72. The molecule has 19 heavy (non-hydrogen) atoms. The third-order valence-corrected chi connectivity index (χ3v) is 2.83. The first-order valence-electron chi connectivity index (χ1n) is 5.78. The van der Waals surface area contributed by atoms with Gasteiger partial charge in [0.1, 0.15) is 18.2 Å². The van der Waals surface area contributed by atoms with E-state index in [-0.39, 0.29) is 5.88 Å². The number of benzene rings is 1. The lowest BCUT2D eigenvalue weighted by molar-refractivity contribution is 0.295. The van der Waals surface area contributed by atoms with Crippen LogP contribution >= 0.6 is 11.6 Å². The molecule has 100 valence electrons. The van der Waals surface area contributed by atoms with E-state index in [1.54, 1.807) is 10.9 Å². The number of nitrogens with two attached hydrogens (primary N) is 1. The first kappa shape index (κ1) is 13.4. The Kier molecular flexibility index (Phi) is 4.41. The molecule has 0 amide bonds. The second-order valence-corrected chi connectivity index (χ2v) is 4.23. The number of alkyl halides is 1. The molecule has 5 nitrogen and oxygen atoms in total. The number of aryl methyl sites for hydroxylation is 1. The first-order valence-corrected chi connectivity index (χ1v) is 6.31. The highest BCUT2D eigenvalue weighted by molar-refractivity contribution is 6.28. The highest BCUT2D eigenvalue weighted by atomic mass is 35.5. The maximum absolute atomic E-state index is 5.65. The Labute approximate surface area is 116 Å². The summed E-state index contributed by atoms with van der Waals surface area (Å²) in [4.78, 5) is 4.14. The summed E-state index contributed by atoms with van der Waals surface area (Å²) in [6, 6.07) is 9.27. The zero-order valence-corrected chi connectivity index (χ0v) is 11.3. The van der Waals surface area contributed by atoms with Crippen LogP contribution < -0.4 is 10.5 Å². The van der Waals surface area contributed by atoms with Gasteiger partial charge in [0.25, 0.3) is 0 Å². The van der Waals surface area contributed by atoms with Crippen molar-refractivity contribution in [3.05, 3.63) is 42.2 Å². The van der Waals surface area contributed by atoms with Gasteiger partial charge in [-0.15, -0.1) is 11.6 Å². The number of hydrogen-bond donors (Lipinski definition) is 1. The minimum Gasteiger partial charge on any atom is -0.487 e. The van der Waals surface area contributed by atoms with Crippen LogP contribution in [-0.4, -0.2) is 21.5 Å². The van der Waals surface area contributed by atoms with Gasteiger partial charge in [-0.05, 0) is 30.3 Å². The molecule has 1 heterocycles. The number of halogens is 1. The van der Waals surface area contributed by atoms with E-state index in [1.165, 1.54) is 0 Å². The lowest BCUT2D eigenvalue weighted by atomic mass is 10.3. The number of ether oxygens (including phenoxy) is 1. The lowest BCUT2D eigenvalue weighted by Gasteiger charge is -2.06. The number of aliphatic imine (C=N–C) groups is 1. The van der Waals surface area contributed by atoms with Crippen LogP contribution in [0.4, 0.5) is 5.69 Å². The fourth-order valence-corrected chi connectivity index (χ4v) is 1.57. The van der Waals surface area contributed by atoms with Gasteiger partial charge in [0.15, 0.2) is 0 Å². The van der Waals surface area contributed by atoms with Crippen molar-refractivity contribution in [3.63, 3.8) is 0 Å². The van der Waals surface area contributed by atoms with Gasteiger partial charge in [-0.25, -0.2) is 4.99 Å². The molecule has 0 aliphatic heterocycles. The van der Waals surface area contributed by atoms with Gasteiger partial charge < -0.3 is 10.5 Å². The van der Waals surface area contributed by atoms with Crippen LogP contribution in [0.1, 0.15) is 5.69 Å². The van der Waals surface area contributed by atoms with E-state index in [4.69, 9.17) is 22.1 Å². The molecule has 0 saturated carbocycles.